The van der Waals surface area contributed by atoms with Crippen molar-refractivity contribution in [2.45, 2.75) is 25.5 Å². The molecule has 1 aromatic carbocycles. The minimum absolute atomic E-state index is 0.0553. The smallest absolute Gasteiger partial charge is 0.316 e. The van der Waals surface area contributed by atoms with E-state index in [0.29, 0.717) is 12.2 Å². The highest BCUT2D eigenvalue weighted by molar-refractivity contribution is 8.00. The van der Waals surface area contributed by atoms with E-state index in [1.165, 1.54) is 11.8 Å². The second kappa shape index (κ2) is 7.84. The van der Waals surface area contributed by atoms with Crippen LogP contribution < -0.4 is 5.32 Å². The normalized spacial score (nSPS) is 12.2. The molecule has 1 amide bonds. The number of carboxylic acids is 1. The fourth-order valence-corrected chi connectivity index (χ4v) is 2.66. The first-order valence-corrected chi connectivity index (χ1v) is 7.25. The van der Waals surface area contributed by atoms with Gasteiger partial charge in [0, 0.05) is 17.9 Å². The third kappa shape index (κ3) is 5.79. The third-order valence-electron chi connectivity index (χ3n) is 2.53. The molecule has 1 unspecified atom stereocenters. The van der Waals surface area contributed by atoms with Gasteiger partial charge in [0.1, 0.15) is 5.25 Å². The zero-order valence-electron chi connectivity index (χ0n) is 11.1. The molecule has 19 heavy (non-hydrogen) atoms. The number of thioether (sulfide) groups is 1. The van der Waals surface area contributed by atoms with E-state index < -0.39 is 11.2 Å². The summed E-state index contributed by atoms with van der Waals surface area (Å²) < 4.78 is 0. The Morgan fingerprint density at radius 3 is 2.42 bits per heavy atom. The number of carbonyl (C=O) groups excluding carboxylic acids is 1. The molecule has 0 saturated carbocycles. The molecule has 0 aliphatic carbocycles. The van der Waals surface area contributed by atoms with Crippen molar-refractivity contribution in [3.05, 3.63) is 30.3 Å². The summed E-state index contributed by atoms with van der Waals surface area (Å²) >= 11 is 1.32. The Bertz CT molecular complexity index is 420. The lowest BCUT2D eigenvalue weighted by molar-refractivity contribution is -0.137. The van der Waals surface area contributed by atoms with Crippen molar-refractivity contribution < 1.29 is 14.7 Å². The van der Waals surface area contributed by atoms with Crippen LogP contribution in [-0.2, 0) is 9.59 Å². The number of carbonyl (C=O) groups is 2. The second-order valence-electron chi connectivity index (χ2n) is 4.54. The molecule has 0 radical (unpaired) electrons. The minimum atomic E-state index is -0.816. The van der Waals surface area contributed by atoms with Crippen molar-refractivity contribution in [2.24, 2.45) is 5.92 Å². The van der Waals surface area contributed by atoms with Gasteiger partial charge in [-0.25, -0.2) is 0 Å². The monoisotopic (exact) mass is 281 g/mol. The number of anilines is 1. The van der Waals surface area contributed by atoms with E-state index in [0.717, 1.165) is 5.69 Å². The first-order valence-electron chi connectivity index (χ1n) is 6.20. The van der Waals surface area contributed by atoms with Gasteiger partial charge in [0.15, 0.2) is 0 Å². The zero-order chi connectivity index (χ0) is 14.3. The summed E-state index contributed by atoms with van der Waals surface area (Å²) in [6, 6.07) is 9.22. The van der Waals surface area contributed by atoms with E-state index in [2.05, 4.69) is 5.32 Å². The van der Waals surface area contributed by atoms with E-state index in [-0.39, 0.29) is 11.8 Å². The van der Waals surface area contributed by atoms with Gasteiger partial charge in [-0.3, -0.25) is 9.59 Å². The number of amides is 1. The van der Waals surface area contributed by atoms with Crippen molar-refractivity contribution in [3.8, 4) is 0 Å². The van der Waals surface area contributed by atoms with Crippen molar-refractivity contribution in [1.29, 1.82) is 0 Å². The number of rotatable bonds is 7. The molecule has 0 spiro atoms. The standard InChI is InChI=1S/C14H19NO3S/c1-10(2)13(14(17)18)19-9-8-12(16)15-11-6-4-3-5-7-11/h3-7,10,13H,8-9H2,1-2H3,(H,15,16)(H,17,18). The molecule has 1 aromatic rings. The van der Waals surface area contributed by atoms with Gasteiger partial charge in [-0.2, -0.15) is 0 Å². The van der Waals surface area contributed by atoms with Crippen molar-refractivity contribution in [1.82, 2.24) is 0 Å². The lowest BCUT2D eigenvalue weighted by atomic mass is 10.1. The quantitative estimate of drug-likeness (QED) is 0.806. The molecule has 0 fully saturated rings. The second-order valence-corrected chi connectivity index (χ2v) is 5.79. The summed E-state index contributed by atoms with van der Waals surface area (Å²) in [5.41, 5.74) is 0.760. The summed E-state index contributed by atoms with van der Waals surface area (Å²) in [5.74, 6) is -0.344. The number of nitrogens with one attached hydrogen (secondary N) is 1. The van der Waals surface area contributed by atoms with Crippen LogP contribution in [0.15, 0.2) is 30.3 Å². The Morgan fingerprint density at radius 2 is 1.89 bits per heavy atom. The van der Waals surface area contributed by atoms with Crippen molar-refractivity contribution in [3.63, 3.8) is 0 Å². The van der Waals surface area contributed by atoms with Crippen LogP contribution in [0, 0.1) is 5.92 Å². The molecular weight excluding hydrogens is 262 g/mol. The Hall–Kier alpha value is -1.49. The van der Waals surface area contributed by atoms with Crippen LogP contribution in [0.1, 0.15) is 20.3 Å². The topological polar surface area (TPSA) is 66.4 Å². The summed E-state index contributed by atoms with van der Waals surface area (Å²) in [6.07, 6.45) is 0.316. The Labute approximate surface area is 117 Å². The molecule has 0 bridgehead atoms. The fourth-order valence-electron chi connectivity index (χ4n) is 1.57. The van der Waals surface area contributed by atoms with Gasteiger partial charge < -0.3 is 10.4 Å². The maximum Gasteiger partial charge on any atom is 0.316 e. The average Bonchev–Trinajstić information content (AvgIpc) is 2.34. The van der Waals surface area contributed by atoms with Gasteiger partial charge in [-0.1, -0.05) is 32.0 Å². The SMILES string of the molecule is CC(C)C(SCCC(=O)Nc1ccccc1)C(=O)O. The van der Waals surface area contributed by atoms with Gasteiger partial charge >= 0.3 is 5.97 Å². The lowest BCUT2D eigenvalue weighted by Crippen LogP contribution is -2.23. The first-order chi connectivity index (χ1) is 9.00. The minimum Gasteiger partial charge on any atom is -0.480 e. The largest absolute Gasteiger partial charge is 0.480 e. The Morgan fingerprint density at radius 1 is 1.26 bits per heavy atom. The summed E-state index contributed by atoms with van der Waals surface area (Å²) in [4.78, 5) is 22.6. The fraction of sp³-hybridized carbons (Fsp3) is 0.429. The summed E-state index contributed by atoms with van der Waals surface area (Å²) in [5, 5.41) is 11.3. The van der Waals surface area contributed by atoms with Crippen LogP contribution in [0.5, 0.6) is 0 Å². The summed E-state index contributed by atoms with van der Waals surface area (Å²) in [7, 11) is 0. The van der Waals surface area contributed by atoms with Crippen LogP contribution >= 0.6 is 11.8 Å². The average molecular weight is 281 g/mol. The maximum atomic E-state index is 11.7. The zero-order valence-corrected chi connectivity index (χ0v) is 11.9. The number of benzene rings is 1. The van der Waals surface area contributed by atoms with Crippen LogP contribution in [0.4, 0.5) is 5.69 Å². The lowest BCUT2D eigenvalue weighted by Gasteiger charge is -2.15. The van der Waals surface area contributed by atoms with Gasteiger partial charge in [0.2, 0.25) is 5.91 Å². The molecule has 0 saturated heterocycles. The van der Waals surface area contributed by atoms with E-state index >= 15 is 0 Å². The molecule has 1 rings (SSSR count). The van der Waals surface area contributed by atoms with Gasteiger partial charge in [0.25, 0.3) is 0 Å². The molecule has 104 valence electrons. The number of para-hydroxylation sites is 1. The predicted molar refractivity (Wildman–Crippen MR) is 78.4 cm³/mol. The highest BCUT2D eigenvalue weighted by Crippen LogP contribution is 2.20. The van der Waals surface area contributed by atoms with Crippen LogP contribution in [0.3, 0.4) is 0 Å². The molecule has 0 aliphatic rings. The number of hydrogen-bond donors (Lipinski definition) is 2. The molecule has 0 heterocycles. The van der Waals surface area contributed by atoms with Gasteiger partial charge in [-0.15, -0.1) is 11.8 Å². The molecular formula is C14H19NO3S. The molecule has 4 nitrogen and oxygen atoms in total. The van der Waals surface area contributed by atoms with E-state index in [1.807, 2.05) is 44.2 Å². The highest BCUT2D eigenvalue weighted by atomic mass is 32.2. The van der Waals surface area contributed by atoms with Crippen LogP contribution in [0.25, 0.3) is 0 Å². The van der Waals surface area contributed by atoms with E-state index in [1.54, 1.807) is 0 Å². The first kappa shape index (κ1) is 15.6. The third-order valence-corrected chi connectivity index (χ3v) is 4.08. The van der Waals surface area contributed by atoms with Gasteiger partial charge in [-0.05, 0) is 18.1 Å². The van der Waals surface area contributed by atoms with Crippen molar-refractivity contribution in [2.75, 3.05) is 11.1 Å². The van der Waals surface area contributed by atoms with E-state index in [4.69, 9.17) is 5.11 Å². The van der Waals surface area contributed by atoms with E-state index in [9.17, 15) is 9.59 Å². The maximum absolute atomic E-state index is 11.7. The van der Waals surface area contributed by atoms with Gasteiger partial charge in [0.05, 0.1) is 0 Å². The molecule has 2 N–H and O–H groups in total. The predicted octanol–water partition coefficient (Wildman–Crippen LogP) is 2.86. The van der Waals surface area contributed by atoms with Crippen molar-refractivity contribution >= 4 is 29.3 Å². The molecule has 5 heteroatoms. The molecule has 1 atom stereocenters. The highest BCUT2D eigenvalue weighted by Gasteiger charge is 2.21. The summed E-state index contributed by atoms with van der Waals surface area (Å²) in [6.45, 7) is 3.74. The van der Waals surface area contributed by atoms with Crippen LogP contribution in [-0.4, -0.2) is 28.0 Å². The van der Waals surface area contributed by atoms with Crippen LogP contribution in [0.2, 0.25) is 0 Å². The molecule has 0 aromatic heterocycles. The Kier molecular flexibility index (Phi) is 6.42. The number of hydrogen-bond acceptors (Lipinski definition) is 3. The number of carboxylic acid groups (broad SMARTS) is 1. The number of aliphatic carboxylic acids is 1. The molecule has 0 aliphatic heterocycles. The Balaban J connectivity index is 2.33.